The molecule has 4 heteroatoms. The van der Waals surface area contributed by atoms with Crippen LogP contribution in [0.25, 0.3) is 0 Å². The first-order chi connectivity index (χ1) is 9.11. The summed E-state index contributed by atoms with van der Waals surface area (Å²) in [4.78, 5) is 4.42. The number of aliphatic hydroxyl groups is 1. The maximum Gasteiger partial charge on any atom is 0.148 e. The molecule has 0 saturated heterocycles. The number of nitrogens with zero attached hydrogens (tertiary/aromatic N) is 1. The zero-order valence-corrected chi connectivity index (χ0v) is 11.9. The molecule has 0 saturated carbocycles. The molecule has 0 spiro atoms. The van der Waals surface area contributed by atoms with Crippen molar-refractivity contribution in [2.75, 3.05) is 7.11 Å². The molecule has 2 aromatic rings. The predicted molar refractivity (Wildman–Crippen MR) is 77.7 cm³/mol. The Hall–Kier alpha value is -1.65. The summed E-state index contributed by atoms with van der Waals surface area (Å²) in [7, 11) is 1.60. The highest BCUT2D eigenvalue weighted by molar-refractivity contribution is 7.09. The van der Waals surface area contributed by atoms with Crippen LogP contribution in [0, 0.1) is 6.92 Å². The van der Waals surface area contributed by atoms with Crippen LogP contribution < -0.4 is 4.74 Å². The third-order valence-electron chi connectivity index (χ3n) is 2.97. The standard InChI is InChI=1S/C15H17NO2S/c1-4-9-15(17,14-16-11(2)10-19-14)12-7-5-6-8-13(12)18-3/h4-8,10,17H,1,9H2,2-3H3/t15-/m1/s1. The van der Waals surface area contributed by atoms with E-state index in [1.165, 1.54) is 11.3 Å². The van der Waals surface area contributed by atoms with E-state index in [-0.39, 0.29) is 0 Å². The van der Waals surface area contributed by atoms with Crippen molar-refractivity contribution in [1.82, 2.24) is 4.98 Å². The Morgan fingerprint density at radius 2 is 2.21 bits per heavy atom. The zero-order valence-electron chi connectivity index (χ0n) is 11.1. The number of ether oxygens (including phenoxy) is 1. The SMILES string of the molecule is C=CC[C@](O)(c1nc(C)cs1)c1ccccc1OC. The summed E-state index contributed by atoms with van der Waals surface area (Å²) in [5, 5.41) is 13.7. The summed E-state index contributed by atoms with van der Waals surface area (Å²) in [6.45, 7) is 5.65. The highest BCUT2D eigenvalue weighted by Crippen LogP contribution is 2.39. The lowest BCUT2D eigenvalue weighted by molar-refractivity contribution is 0.0808. The second-order valence-electron chi connectivity index (χ2n) is 4.35. The fraction of sp³-hybridized carbons (Fsp3) is 0.267. The van der Waals surface area contributed by atoms with E-state index in [0.29, 0.717) is 22.7 Å². The van der Waals surface area contributed by atoms with Gasteiger partial charge in [0, 0.05) is 23.1 Å². The first-order valence-corrected chi connectivity index (χ1v) is 6.89. The molecule has 1 atom stereocenters. The number of benzene rings is 1. The van der Waals surface area contributed by atoms with Crippen LogP contribution in [0.3, 0.4) is 0 Å². The topological polar surface area (TPSA) is 42.4 Å². The van der Waals surface area contributed by atoms with E-state index in [1.54, 1.807) is 13.2 Å². The average Bonchev–Trinajstić information content (AvgIpc) is 2.86. The molecule has 0 aliphatic rings. The first-order valence-electron chi connectivity index (χ1n) is 6.01. The van der Waals surface area contributed by atoms with Crippen LogP contribution in [0.15, 0.2) is 42.3 Å². The Bertz CT molecular complexity index is 579. The van der Waals surface area contributed by atoms with Crippen LogP contribution >= 0.6 is 11.3 Å². The van der Waals surface area contributed by atoms with E-state index >= 15 is 0 Å². The molecule has 2 rings (SSSR count). The average molecular weight is 275 g/mol. The van der Waals surface area contributed by atoms with Gasteiger partial charge in [0.25, 0.3) is 0 Å². The van der Waals surface area contributed by atoms with Crippen LogP contribution in [-0.4, -0.2) is 17.2 Å². The summed E-state index contributed by atoms with van der Waals surface area (Å²) in [6.07, 6.45) is 2.09. The molecule has 0 amide bonds. The molecule has 1 heterocycles. The molecule has 0 radical (unpaired) electrons. The number of hydrogen-bond donors (Lipinski definition) is 1. The molecule has 19 heavy (non-hydrogen) atoms. The number of aromatic nitrogens is 1. The Labute approximate surface area is 117 Å². The largest absolute Gasteiger partial charge is 0.496 e. The highest BCUT2D eigenvalue weighted by Gasteiger charge is 2.35. The van der Waals surface area contributed by atoms with Crippen LogP contribution in [-0.2, 0) is 5.60 Å². The van der Waals surface area contributed by atoms with E-state index in [4.69, 9.17) is 4.74 Å². The smallest absolute Gasteiger partial charge is 0.148 e. The maximum absolute atomic E-state index is 11.1. The van der Waals surface area contributed by atoms with E-state index < -0.39 is 5.60 Å². The highest BCUT2D eigenvalue weighted by atomic mass is 32.1. The van der Waals surface area contributed by atoms with Crippen LogP contribution in [0.1, 0.15) is 22.7 Å². The monoisotopic (exact) mass is 275 g/mol. The number of thiazole rings is 1. The molecule has 0 bridgehead atoms. The normalized spacial score (nSPS) is 13.8. The summed E-state index contributed by atoms with van der Waals surface area (Å²) >= 11 is 1.45. The van der Waals surface area contributed by atoms with Gasteiger partial charge in [0.1, 0.15) is 16.4 Å². The lowest BCUT2D eigenvalue weighted by Crippen LogP contribution is -2.27. The van der Waals surface area contributed by atoms with Crippen molar-refractivity contribution in [2.24, 2.45) is 0 Å². The minimum absolute atomic E-state index is 0.389. The van der Waals surface area contributed by atoms with Gasteiger partial charge in [0.05, 0.1) is 7.11 Å². The number of aryl methyl sites for hydroxylation is 1. The van der Waals surface area contributed by atoms with Crippen molar-refractivity contribution in [3.63, 3.8) is 0 Å². The van der Waals surface area contributed by atoms with Crippen LogP contribution in [0.2, 0.25) is 0 Å². The van der Waals surface area contributed by atoms with E-state index in [0.717, 1.165) is 5.69 Å². The molecular formula is C15H17NO2S. The Balaban J connectivity index is 2.58. The summed E-state index contributed by atoms with van der Waals surface area (Å²) < 4.78 is 5.35. The van der Waals surface area contributed by atoms with Crippen molar-refractivity contribution >= 4 is 11.3 Å². The van der Waals surface area contributed by atoms with Gasteiger partial charge in [-0.2, -0.15) is 0 Å². The van der Waals surface area contributed by atoms with Gasteiger partial charge in [-0.3, -0.25) is 0 Å². The Morgan fingerprint density at radius 1 is 1.47 bits per heavy atom. The fourth-order valence-corrected chi connectivity index (χ4v) is 2.97. The van der Waals surface area contributed by atoms with Gasteiger partial charge in [0.15, 0.2) is 0 Å². The van der Waals surface area contributed by atoms with Gasteiger partial charge in [-0.25, -0.2) is 4.98 Å². The number of para-hydroxylation sites is 1. The molecule has 0 unspecified atom stereocenters. The molecule has 100 valence electrons. The van der Waals surface area contributed by atoms with Gasteiger partial charge in [-0.1, -0.05) is 24.3 Å². The van der Waals surface area contributed by atoms with Gasteiger partial charge in [0.2, 0.25) is 0 Å². The van der Waals surface area contributed by atoms with Crippen LogP contribution in [0.5, 0.6) is 5.75 Å². The second kappa shape index (κ2) is 5.55. The number of hydrogen-bond acceptors (Lipinski definition) is 4. The lowest BCUT2D eigenvalue weighted by Gasteiger charge is -2.26. The minimum Gasteiger partial charge on any atom is -0.496 e. The van der Waals surface area contributed by atoms with E-state index in [2.05, 4.69) is 11.6 Å². The van der Waals surface area contributed by atoms with Gasteiger partial charge in [-0.15, -0.1) is 17.9 Å². The summed E-state index contributed by atoms with van der Waals surface area (Å²) in [5.41, 5.74) is 0.428. The van der Waals surface area contributed by atoms with Gasteiger partial charge in [-0.05, 0) is 13.0 Å². The van der Waals surface area contributed by atoms with Crippen molar-refractivity contribution in [1.29, 1.82) is 0 Å². The van der Waals surface area contributed by atoms with Crippen molar-refractivity contribution in [3.8, 4) is 5.75 Å². The molecular weight excluding hydrogens is 258 g/mol. The Morgan fingerprint density at radius 3 is 2.79 bits per heavy atom. The minimum atomic E-state index is -1.19. The fourth-order valence-electron chi connectivity index (χ4n) is 2.05. The molecule has 1 aromatic heterocycles. The third-order valence-corrected chi connectivity index (χ3v) is 4.08. The third kappa shape index (κ3) is 2.55. The predicted octanol–water partition coefficient (Wildman–Crippen LogP) is 3.27. The quantitative estimate of drug-likeness (QED) is 0.852. The van der Waals surface area contributed by atoms with Crippen molar-refractivity contribution in [2.45, 2.75) is 18.9 Å². The Kier molecular flexibility index (Phi) is 4.02. The van der Waals surface area contributed by atoms with Gasteiger partial charge < -0.3 is 9.84 Å². The first kappa shape index (κ1) is 13.8. The molecule has 3 nitrogen and oxygen atoms in total. The molecule has 1 N–H and O–H groups in total. The molecule has 0 fully saturated rings. The summed E-state index contributed by atoms with van der Waals surface area (Å²) in [6, 6.07) is 7.46. The van der Waals surface area contributed by atoms with Crippen molar-refractivity contribution < 1.29 is 9.84 Å². The van der Waals surface area contributed by atoms with Crippen LogP contribution in [0.4, 0.5) is 0 Å². The molecule has 1 aromatic carbocycles. The molecule has 0 aliphatic carbocycles. The zero-order chi connectivity index (χ0) is 13.9. The van der Waals surface area contributed by atoms with E-state index in [1.807, 2.05) is 36.6 Å². The number of methoxy groups -OCH3 is 1. The second-order valence-corrected chi connectivity index (χ2v) is 5.21. The number of rotatable bonds is 5. The van der Waals surface area contributed by atoms with Crippen molar-refractivity contribution in [3.05, 3.63) is 58.6 Å². The summed E-state index contributed by atoms with van der Waals surface area (Å²) in [5.74, 6) is 0.653. The van der Waals surface area contributed by atoms with E-state index in [9.17, 15) is 5.11 Å². The molecule has 0 aliphatic heterocycles. The maximum atomic E-state index is 11.1. The lowest BCUT2D eigenvalue weighted by atomic mass is 9.90. The van der Waals surface area contributed by atoms with Gasteiger partial charge >= 0.3 is 0 Å².